The third-order valence-corrected chi connectivity index (χ3v) is 14.1. The maximum absolute atomic E-state index is 15.8. The molecule has 1 unspecified atom stereocenters. The molecule has 5 amide bonds. The summed E-state index contributed by atoms with van der Waals surface area (Å²) >= 11 is 0. The Balaban J connectivity index is 0.761. The van der Waals surface area contributed by atoms with Crippen LogP contribution in [0.2, 0.25) is 0 Å². The number of pyridine rings is 1. The SMILES string of the molecule is CC1(C)C(NC(=O)c2ccc(N3CCC(CN4CCN(c5cc6c(cc5F)C(=O)N(C5CCC(=O)NC5=O)C6=O)CC4)CC3)c(F)c2)C(C)(C)C1Oc1ccc(C#N)c2ncccc12. The first-order valence-electron chi connectivity index (χ1n) is 21.9. The van der Waals surface area contributed by atoms with E-state index in [4.69, 9.17) is 4.74 Å². The van der Waals surface area contributed by atoms with Gasteiger partial charge in [0.05, 0.1) is 33.6 Å². The number of carbonyl (C=O) groups is 5. The van der Waals surface area contributed by atoms with E-state index < -0.39 is 52.1 Å². The fourth-order valence-electron chi connectivity index (χ4n) is 11.0. The second-order valence-corrected chi connectivity index (χ2v) is 18.9. The van der Waals surface area contributed by atoms with E-state index in [9.17, 15) is 29.2 Å². The van der Waals surface area contributed by atoms with Crippen LogP contribution < -0.4 is 25.2 Å². The van der Waals surface area contributed by atoms with Gasteiger partial charge in [-0.15, -0.1) is 0 Å². The number of imide groups is 2. The summed E-state index contributed by atoms with van der Waals surface area (Å²) in [4.78, 5) is 75.7. The lowest BCUT2D eigenvalue weighted by atomic mass is 9.49. The van der Waals surface area contributed by atoms with Gasteiger partial charge in [-0.3, -0.25) is 44.1 Å². The van der Waals surface area contributed by atoms with Crippen LogP contribution in [0.15, 0.2) is 60.8 Å². The van der Waals surface area contributed by atoms with E-state index in [0.29, 0.717) is 67.7 Å². The number of ether oxygens (including phenoxy) is 1. The van der Waals surface area contributed by atoms with E-state index in [1.807, 2.05) is 43.6 Å². The molecular weight excluding hydrogens is 823 g/mol. The van der Waals surface area contributed by atoms with Crippen molar-refractivity contribution in [1.29, 1.82) is 5.26 Å². The number of hydrogen-bond acceptors (Lipinski definition) is 11. The molecule has 0 spiro atoms. The molecular formula is C48H50F2N8O6. The third kappa shape index (κ3) is 7.38. The van der Waals surface area contributed by atoms with Crippen molar-refractivity contribution in [2.75, 3.05) is 55.6 Å². The number of anilines is 2. The van der Waals surface area contributed by atoms with E-state index >= 15 is 8.78 Å². The molecule has 16 heteroatoms. The first-order chi connectivity index (χ1) is 30.6. The summed E-state index contributed by atoms with van der Waals surface area (Å²) in [5, 5.41) is 15.7. The van der Waals surface area contributed by atoms with Gasteiger partial charge < -0.3 is 19.9 Å². The zero-order chi connectivity index (χ0) is 45.2. The molecule has 0 bridgehead atoms. The molecule has 0 radical (unpaired) electrons. The van der Waals surface area contributed by atoms with Gasteiger partial charge >= 0.3 is 0 Å². The van der Waals surface area contributed by atoms with Crippen molar-refractivity contribution in [3.8, 4) is 11.8 Å². The fraction of sp³-hybridized carbons (Fsp3) is 0.438. The van der Waals surface area contributed by atoms with Crippen molar-refractivity contribution in [2.45, 2.75) is 71.6 Å². The number of nitriles is 1. The topological polar surface area (TPSA) is 168 Å². The van der Waals surface area contributed by atoms with Gasteiger partial charge in [0, 0.05) is 86.3 Å². The van der Waals surface area contributed by atoms with E-state index in [1.165, 1.54) is 12.1 Å². The fourth-order valence-corrected chi connectivity index (χ4v) is 11.0. The number of amides is 5. The number of nitrogens with one attached hydrogen (secondary N) is 2. The largest absolute Gasteiger partial charge is 0.488 e. The monoisotopic (exact) mass is 872 g/mol. The van der Waals surface area contributed by atoms with Crippen molar-refractivity contribution in [2.24, 2.45) is 16.7 Å². The van der Waals surface area contributed by atoms with E-state index in [2.05, 4.69) is 26.6 Å². The molecule has 64 heavy (non-hydrogen) atoms. The van der Waals surface area contributed by atoms with Gasteiger partial charge in [0.2, 0.25) is 11.8 Å². The van der Waals surface area contributed by atoms with Gasteiger partial charge in [0.1, 0.15) is 35.6 Å². The summed E-state index contributed by atoms with van der Waals surface area (Å²) < 4.78 is 37.9. The lowest BCUT2D eigenvalue weighted by Crippen LogP contribution is -2.74. The number of benzene rings is 3. The van der Waals surface area contributed by atoms with Gasteiger partial charge in [-0.05, 0) is 79.8 Å². The molecule has 1 aromatic heterocycles. The number of aromatic nitrogens is 1. The highest BCUT2D eigenvalue weighted by Gasteiger charge is 2.64. The Morgan fingerprint density at radius 3 is 2.20 bits per heavy atom. The van der Waals surface area contributed by atoms with Crippen LogP contribution in [-0.4, -0.2) is 108 Å². The van der Waals surface area contributed by atoms with E-state index in [-0.39, 0.29) is 53.3 Å². The van der Waals surface area contributed by atoms with Crippen molar-refractivity contribution < 1.29 is 37.5 Å². The molecule has 5 aliphatic rings. The lowest BCUT2D eigenvalue weighted by Gasteiger charge is -2.63. The normalized spacial score (nSPS) is 23.4. The Morgan fingerprint density at radius 2 is 1.53 bits per heavy atom. The molecule has 1 atom stereocenters. The van der Waals surface area contributed by atoms with Crippen LogP contribution in [0.5, 0.6) is 5.75 Å². The molecule has 4 fully saturated rings. The number of nitrogens with zero attached hydrogens (tertiary/aromatic N) is 6. The Bertz CT molecular complexity index is 2630. The van der Waals surface area contributed by atoms with Gasteiger partial charge in [0.25, 0.3) is 17.7 Å². The van der Waals surface area contributed by atoms with Gasteiger partial charge in [-0.1, -0.05) is 27.7 Å². The van der Waals surface area contributed by atoms with Crippen LogP contribution in [0.1, 0.15) is 90.0 Å². The maximum atomic E-state index is 15.8. The quantitative estimate of drug-likeness (QED) is 0.206. The predicted molar refractivity (Wildman–Crippen MR) is 233 cm³/mol. The minimum Gasteiger partial charge on any atom is -0.488 e. The molecule has 4 aliphatic heterocycles. The van der Waals surface area contributed by atoms with Crippen LogP contribution in [0.3, 0.4) is 0 Å². The molecule has 1 saturated carbocycles. The Labute approximate surface area is 369 Å². The summed E-state index contributed by atoms with van der Waals surface area (Å²) in [5.74, 6) is -3.03. The van der Waals surface area contributed by atoms with Crippen LogP contribution >= 0.6 is 0 Å². The highest BCUT2D eigenvalue weighted by molar-refractivity contribution is 6.23. The molecule has 1 aliphatic carbocycles. The average molecular weight is 873 g/mol. The average Bonchev–Trinajstić information content (AvgIpc) is 3.51. The lowest BCUT2D eigenvalue weighted by molar-refractivity contribution is -0.163. The minimum atomic E-state index is -1.12. The highest BCUT2D eigenvalue weighted by atomic mass is 19.1. The number of fused-ring (bicyclic) bond motifs is 2. The molecule has 5 heterocycles. The summed E-state index contributed by atoms with van der Waals surface area (Å²) in [6.07, 6.45) is 3.09. The summed E-state index contributed by atoms with van der Waals surface area (Å²) in [5.41, 5.74) is 0.967. The van der Waals surface area contributed by atoms with Crippen LogP contribution in [0.4, 0.5) is 20.2 Å². The standard InChI is InChI=1S/C48H50F2N8O6/c1-47(2)45(48(3,4)46(47)64-38-11-8-29(25-51)40-30(38)6-5-15-52-40)54-41(60)28-7-9-35(33(49)22-28)56-16-13-27(14-17-56)26-55-18-20-57(21-19-55)37-24-32-31(23-34(37)50)43(62)58(44(32)63)36-10-12-39(59)53-42(36)61/h5-9,11,15,22-24,27,36,45-46H,10,12-14,16-21,26H2,1-4H3,(H,54,60)(H,53,59,61). The smallest absolute Gasteiger partial charge is 0.262 e. The molecule has 2 N–H and O–H groups in total. The summed E-state index contributed by atoms with van der Waals surface area (Å²) in [6, 6.07) is 15.1. The van der Waals surface area contributed by atoms with Crippen LogP contribution in [0.25, 0.3) is 10.9 Å². The molecule has 14 nitrogen and oxygen atoms in total. The summed E-state index contributed by atoms with van der Waals surface area (Å²) in [6.45, 7) is 12.7. The third-order valence-electron chi connectivity index (χ3n) is 14.1. The number of piperazine rings is 1. The zero-order valence-corrected chi connectivity index (χ0v) is 36.2. The van der Waals surface area contributed by atoms with Gasteiger partial charge in [-0.25, -0.2) is 8.78 Å². The first kappa shape index (κ1) is 42.8. The molecule has 332 valence electrons. The van der Waals surface area contributed by atoms with Crippen molar-refractivity contribution in [3.05, 3.63) is 94.7 Å². The van der Waals surface area contributed by atoms with Crippen molar-refractivity contribution in [3.63, 3.8) is 0 Å². The van der Waals surface area contributed by atoms with Crippen molar-refractivity contribution in [1.82, 2.24) is 25.4 Å². The summed E-state index contributed by atoms with van der Waals surface area (Å²) in [7, 11) is 0. The second kappa shape index (κ2) is 16.3. The number of hydrogen-bond donors (Lipinski definition) is 2. The number of carbonyl (C=O) groups excluding carboxylic acids is 5. The van der Waals surface area contributed by atoms with E-state index in [0.717, 1.165) is 35.7 Å². The first-order valence-corrected chi connectivity index (χ1v) is 21.9. The molecule has 9 rings (SSSR count). The van der Waals surface area contributed by atoms with Crippen LogP contribution in [-0.2, 0) is 9.59 Å². The number of piperidine rings is 2. The second-order valence-electron chi connectivity index (χ2n) is 18.9. The highest BCUT2D eigenvalue weighted by Crippen LogP contribution is 2.56. The van der Waals surface area contributed by atoms with Gasteiger partial charge in [-0.2, -0.15) is 5.26 Å². The number of halogens is 2. The molecule has 3 saturated heterocycles. The maximum Gasteiger partial charge on any atom is 0.262 e. The van der Waals surface area contributed by atoms with Gasteiger partial charge in [0.15, 0.2) is 0 Å². The molecule has 3 aromatic carbocycles. The van der Waals surface area contributed by atoms with Crippen LogP contribution in [0, 0.1) is 39.7 Å². The Kier molecular flexibility index (Phi) is 10.9. The zero-order valence-electron chi connectivity index (χ0n) is 36.2. The Morgan fingerprint density at radius 1 is 0.859 bits per heavy atom. The Hall–Kier alpha value is -6.47. The predicted octanol–water partition coefficient (Wildman–Crippen LogP) is 5.44. The van der Waals surface area contributed by atoms with E-state index in [1.54, 1.807) is 36.5 Å². The number of rotatable bonds is 9. The molecule has 4 aromatic rings. The van der Waals surface area contributed by atoms with Crippen molar-refractivity contribution >= 4 is 51.8 Å². The minimum absolute atomic E-state index is 0.000214.